The number of anilines is 2. The lowest BCUT2D eigenvalue weighted by Gasteiger charge is -2.17. The molecule has 1 heterocycles. The van der Waals surface area contributed by atoms with Gasteiger partial charge in [-0.15, -0.1) is 0 Å². The maximum absolute atomic E-state index is 12.3. The molecular formula is C15H15ClF2N4O3. The molecule has 1 aromatic heterocycles. The fraction of sp³-hybridized carbons (Fsp3) is 0.267. The molecule has 2 N–H and O–H groups in total. The number of aromatic nitrogens is 2. The third kappa shape index (κ3) is 4.44. The van der Waals surface area contributed by atoms with Gasteiger partial charge >= 0.3 is 12.6 Å². The SMILES string of the molecule is COc1nc(Cl)c(C=O)c(NNc2c(C)cc(OC(F)F)cc2C)n1. The Morgan fingerprint density at radius 3 is 2.36 bits per heavy atom. The Kier molecular flexibility index (Phi) is 5.92. The number of ether oxygens (including phenoxy) is 2. The molecule has 0 fully saturated rings. The van der Waals surface area contributed by atoms with E-state index in [0.717, 1.165) is 0 Å². The van der Waals surface area contributed by atoms with E-state index in [0.29, 0.717) is 23.1 Å². The lowest BCUT2D eigenvalue weighted by molar-refractivity contribution is -0.0498. The zero-order chi connectivity index (χ0) is 18.6. The molecule has 2 rings (SSSR count). The van der Waals surface area contributed by atoms with Gasteiger partial charge in [-0.2, -0.15) is 18.7 Å². The summed E-state index contributed by atoms with van der Waals surface area (Å²) in [5.41, 5.74) is 7.56. The molecule has 0 amide bonds. The molecule has 134 valence electrons. The van der Waals surface area contributed by atoms with Gasteiger partial charge in [-0.25, -0.2) is 0 Å². The van der Waals surface area contributed by atoms with Crippen molar-refractivity contribution in [3.8, 4) is 11.8 Å². The Morgan fingerprint density at radius 1 is 1.20 bits per heavy atom. The fourth-order valence-electron chi connectivity index (χ4n) is 2.13. The molecule has 0 aliphatic rings. The maximum atomic E-state index is 12.3. The van der Waals surface area contributed by atoms with Crippen molar-refractivity contribution in [1.29, 1.82) is 0 Å². The van der Waals surface area contributed by atoms with Crippen molar-refractivity contribution < 1.29 is 23.0 Å². The summed E-state index contributed by atoms with van der Waals surface area (Å²) >= 11 is 5.91. The molecule has 10 heteroatoms. The van der Waals surface area contributed by atoms with E-state index in [2.05, 4.69) is 25.6 Å². The number of carbonyl (C=O) groups is 1. The Balaban J connectivity index is 2.27. The first-order chi connectivity index (χ1) is 11.8. The second kappa shape index (κ2) is 7.93. The molecule has 0 spiro atoms. The second-order valence-corrected chi connectivity index (χ2v) is 5.30. The standard InChI is InChI=1S/C15H15ClF2N4O3/c1-7-4-9(25-14(17)18)5-8(2)11(7)21-22-13-10(6-23)12(16)19-15(20-13)24-3/h4-6,14,21H,1-3H3,(H,19,20,22). The number of carbonyl (C=O) groups excluding carboxylic acids is 1. The van der Waals surface area contributed by atoms with Gasteiger partial charge in [0.15, 0.2) is 12.1 Å². The molecule has 0 bridgehead atoms. The van der Waals surface area contributed by atoms with Crippen LogP contribution in [0.2, 0.25) is 5.15 Å². The number of nitrogens with one attached hydrogen (secondary N) is 2. The Hall–Kier alpha value is -2.68. The summed E-state index contributed by atoms with van der Waals surface area (Å²) in [6.45, 7) is 0.522. The van der Waals surface area contributed by atoms with Crippen molar-refractivity contribution in [2.24, 2.45) is 0 Å². The van der Waals surface area contributed by atoms with Crippen molar-refractivity contribution >= 4 is 29.4 Å². The third-order valence-electron chi connectivity index (χ3n) is 3.22. The number of benzene rings is 1. The van der Waals surface area contributed by atoms with Crippen molar-refractivity contribution in [3.05, 3.63) is 34.0 Å². The lowest BCUT2D eigenvalue weighted by atomic mass is 10.1. The average molecular weight is 373 g/mol. The number of rotatable bonds is 7. The topological polar surface area (TPSA) is 85.4 Å². The highest BCUT2D eigenvalue weighted by Gasteiger charge is 2.14. The smallest absolute Gasteiger partial charge is 0.387 e. The van der Waals surface area contributed by atoms with Crippen LogP contribution in [-0.4, -0.2) is 30.0 Å². The first-order valence-electron chi connectivity index (χ1n) is 7.00. The summed E-state index contributed by atoms with van der Waals surface area (Å²) in [4.78, 5) is 19.0. The Labute approximate surface area is 147 Å². The van der Waals surface area contributed by atoms with E-state index in [1.54, 1.807) is 13.8 Å². The number of hydrogen-bond donors (Lipinski definition) is 2. The Morgan fingerprint density at radius 2 is 1.84 bits per heavy atom. The van der Waals surface area contributed by atoms with Crippen LogP contribution < -0.4 is 20.3 Å². The number of aldehydes is 1. The van der Waals surface area contributed by atoms with Gasteiger partial charge in [-0.05, 0) is 37.1 Å². The molecule has 2 aromatic rings. The van der Waals surface area contributed by atoms with Crippen LogP contribution in [0.4, 0.5) is 20.3 Å². The highest BCUT2D eigenvalue weighted by Crippen LogP contribution is 2.28. The predicted molar refractivity (Wildman–Crippen MR) is 88.8 cm³/mol. The van der Waals surface area contributed by atoms with Crippen molar-refractivity contribution in [2.75, 3.05) is 18.0 Å². The highest BCUT2D eigenvalue weighted by atomic mass is 35.5. The molecule has 0 aliphatic heterocycles. The van der Waals surface area contributed by atoms with Crippen molar-refractivity contribution in [1.82, 2.24) is 9.97 Å². The minimum absolute atomic E-state index is 0.0194. The largest absolute Gasteiger partial charge is 0.467 e. The summed E-state index contributed by atoms with van der Waals surface area (Å²) in [7, 11) is 1.36. The molecule has 1 aromatic carbocycles. The number of hydrogen-bond acceptors (Lipinski definition) is 7. The van der Waals surface area contributed by atoms with Crippen LogP contribution in [-0.2, 0) is 0 Å². The average Bonchev–Trinajstić information content (AvgIpc) is 2.52. The molecule has 0 saturated heterocycles. The minimum Gasteiger partial charge on any atom is -0.467 e. The van der Waals surface area contributed by atoms with E-state index < -0.39 is 6.61 Å². The Bertz CT molecular complexity index is 767. The second-order valence-electron chi connectivity index (χ2n) is 4.94. The van der Waals surface area contributed by atoms with E-state index in [1.807, 2.05) is 0 Å². The summed E-state index contributed by atoms with van der Waals surface area (Å²) < 4.78 is 34.0. The molecule has 0 aliphatic carbocycles. The van der Waals surface area contributed by atoms with Gasteiger partial charge < -0.3 is 9.47 Å². The van der Waals surface area contributed by atoms with E-state index in [9.17, 15) is 13.6 Å². The molecule has 0 saturated carbocycles. The van der Waals surface area contributed by atoms with Gasteiger partial charge in [-0.1, -0.05) is 11.6 Å². The van der Waals surface area contributed by atoms with E-state index in [4.69, 9.17) is 16.3 Å². The zero-order valence-electron chi connectivity index (χ0n) is 13.6. The predicted octanol–water partition coefficient (Wildman–Crippen LogP) is 3.61. The van der Waals surface area contributed by atoms with Gasteiger partial charge in [0.25, 0.3) is 0 Å². The number of nitrogens with zero attached hydrogens (tertiary/aromatic N) is 2. The fourth-order valence-corrected chi connectivity index (χ4v) is 2.33. The number of halogens is 3. The summed E-state index contributed by atoms with van der Waals surface area (Å²) in [5.74, 6) is 0.162. The van der Waals surface area contributed by atoms with Crippen molar-refractivity contribution in [2.45, 2.75) is 20.5 Å². The van der Waals surface area contributed by atoms with Gasteiger partial charge in [0.2, 0.25) is 0 Å². The van der Waals surface area contributed by atoms with Gasteiger partial charge in [0.1, 0.15) is 10.9 Å². The van der Waals surface area contributed by atoms with Crippen LogP contribution in [0.15, 0.2) is 12.1 Å². The molecular weight excluding hydrogens is 358 g/mol. The minimum atomic E-state index is -2.90. The normalized spacial score (nSPS) is 10.5. The highest BCUT2D eigenvalue weighted by molar-refractivity contribution is 6.32. The van der Waals surface area contributed by atoms with Crippen LogP contribution in [0.1, 0.15) is 21.5 Å². The van der Waals surface area contributed by atoms with E-state index >= 15 is 0 Å². The lowest BCUT2D eigenvalue weighted by Crippen LogP contribution is -2.15. The number of aryl methyl sites for hydroxylation is 2. The quantitative estimate of drug-likeness (QED) is 0.436. The number of alkyl halides is 2. The van der Waals surface area contributed by atoms with Crippen LogP contribution in [0.3, 0.4) is 0 Å². The molecule has 0 unspecified atom stereocenters. The number of hydrazine groups is 1. The van der Waals surface area contributed by atoms with Gasteiger partial charge in [0.05, 0.1) is 18.4 Å². The molecule has 0 atom stereocenters. The molecule has 7 nitrogen and oxygen atoms in total. The van der Waals surface area contributed by atoms with Crippen LogP contribution in [0.5, 0.6) is 11.8 Å². The molecule has 25 heavy (non-hydrogen) atoms. The molecule has 0 radical (unpaired) electrons. The summed E-state index contributed by atoms with van der Waals surface area (Å²) in [6.07, 6.45) is 0.505. The monoisotopic (exact) mass is 372 g/mol. The number of methoxy groups -OCH3 is 1. The van der Waals surface area contributed by atoms with Crippen molar-refractivity contribution in [3.63, 3.8) is 0 Å². The van der Waals surface area contributed by atoms with Gasteiger partial charge in [-0.3, -0.25) is 15.6 Å². The van der Waals surface area contributed by atoms with E-state index in [1.165, 1.54) is 19.2 Å². The van der Waals surface area contributed by atoms with Crippen LogP contribution in [0.25, 0.3) is 0 Å². The summed E-state index contributed by atoms with van der Waals surface area (Å²) in [5, 5.41) is -0.0692. The summed E-state index contributed by atoms with van der Waals surface area (Å²) in [6, 6.07) is 2.89. The first kappa shape index (κ1) is 18.7. The van der Waals surface area contributed by atoms with Gasteiger partial charge in [0, 0.05) is 0 Å². The first-order valence-corrected chi connectivity index (χ1v) is 7.38. The van der Waals surface area contributed by atoms with Crippen LogP contribution in [0, 0.1) is 13.8 Å². The third-order valence-corrected chi connectivity index (χ3v) is 3.50. The zero-order valence-corrected chi connectivity index (χ0v) is 14.3. The van der Waals surface area contributed by atoms with E-state index in [-0.39, 0.29) is 28.3 Å². The maximum Gasteiger partial charge on any atom is 0.387 e. The van der Waals surface area contributed by atoms with Crippen LogP contribution >= 0.6 is 11.6 Å².